The van der Waals surface area contributed by atoms with E-state index < -0.39 is 46.6 Å². The summed E-state index contributed by atoms with van der Waals surface area (Å²) < 4.78 is 26.0. The molecule has 48 heavy (non-hydrogen) atoms. The zero-order valence-corrected chi connectivity index (χ0v) is 28.7. The number of hydrogen-bond acceptors (Lipinski definition) is 10. The van der Waals surface area contributed by atoms with E-state index in [1.807, 2.05) is 39.8 Å². The monoisotopic (exact) mass is 668 g/mol. The zero-order chi connectivity index (χ0) is 33.5. The third kappa shape index (κ3) is 4.06. The molecular formula is C36H48N2O10. The summed E-state index contributed by atoms with van der Waals surface area (Å²) in [5.74, 6) is -2.10. The number of ether oxygens (including phenoxy) is 4. The van der Waals surface area contributed by atoms with Crippen LogP contribution in [0.15, 0.2) is 24.3 Å². The quantitative estimate of drug-likeness (QED) is 0.393. The van der Waals surface area contributed by atoms with Gasteiger partial charge < -0.3 is 29.6 Å². The van der Waals surface area contributed by atoms with Crippen LogP contribution in [0.1, 0.15) is 92.9 Å². The molecule has 262 valence electrons. The molecule has 2 spiro atoms. The number of carbonyl (C=O) groups excluding carboxylic acids is 2. The highest BCUT2D eigenvalue weighted by molar-refractivity contribution is 6.04. The highest BCUT2D eigenvalue weighted by atomic mass is 17.3. The van der Waals surface area contributed by atoms with Crippen LogP contribution in [0.2, 0.25) is 0 Å². The number of nitrogens with one attached hydrogen (secondary N) is 2. The lowest BCUT2D eigenvalue weighted by Gasteiger charge is -2.50. The molecule has 10 fully saturated rings. The zero-order valence-electron chi connectivity index (χ0n) is 28.7. The fraction of sp³-hybridized carbons (Fsp3) is 0.778. The Morgan fingerprint density at radius 2 is 1.02 bits per heavy atom. The van der Waals surface area contributed by atoms with Gasteiger partial charge in [0.25, 0.3) is 11.8 Å². The molecule has 12 heteroatoms. The van der Waals surface area contributed by atoms with Crippen LogP contribution in [-0.4, -0.2) is 58.4 Å². The van der Waals surface area contributed by atoms with Crippen LogP contribution in [-0.2, 0) is 48.1 Å². The molecule has 11 rings (SSSR count). The maximum absolute atomic E-state index is 14.4. The van der Waals surface area contributed by atoms with Crippen LogP contribution in [0.5, 0.6) is 0 Å². The number of carbonyl (C=O) groups is 2. The van der Waals surface area contributed by atoms with E-state index in [0.29, 0.717) is 36.1 Å². The second-order valence-corrected chi connectivity index (χ2v) is 16.6. The summed E-state index contributed by atoms with van der Waals surface area (Å²) in [4.78, 5) is 53.1. The Hall–Kier alpha value is -2.16. The minimum absolute atomic E-state index is 0.129. The van der Waals surface area contributed by atoms with E-state index in [0.717, 1.165) is 38.5 Å². The van der Waals surface area contributed by atoms with Crippen LogP contribution in [0.25, 0.3) is 0 Å². The van der Waals surface area contributed by atoms with Crippen molar-refractivity contribution in [2.24, 2.45) is 35.5 Å². The first-order chi connectivity index (χ1) is 22.8. The average molecular weight is 669 g/mol. The SMILES string of the molecule is C[C@@H]1CC[C@@H]2[C@]34OO[C@](C)(CC[C@@H]13)O[C@H]4O[C@]2(C)C(=O)Nc1ccccc1NC(=O)[C@@]1(C)O[C@@H]2O[C@@]3(C)CC[C@H]4[C@H](C)CC[C@@H]1[C@@]24OO3. The van der Waals surface area contributed by atoms with E-state index >= 15 is 0 Å². The Morgan fingerprint density at radius 3 is 1.44 bits per heavy atom. The first kappa shape index (κ1) is 31.8. The van der Waals surface area contributed by atoms with Crippen molar-refractivity contribution < 1.29 is 48.1 Å². The van der Waals surface area contributed by atoms with Crippen molar-refractivity contribution in [2.75, 3.05) is 10.6 Å². The van der Waals surface area contributed by atoms with Gasteiger partial charge in [0.05, 0.1) is 11.4 Å². The lowest BCUT2D eigenvalue weighted by molar-refractivity contribution is -0.541. The third-order valence-electron chi connectivity index (χ3n) is 13.8. The maximum Gasteiger partial charge on any atom is 0.256 e. The predicted octanol–water partition coefficient (Wildman–Crippen LogP) is 5.57. The molecule has 0 unspecified atom stereocenters. The number of fused-ring (bicyclic) bond motifs is 4. The minimum atomic E-state index is -1.27. The van der Waals surface area contributed by atoms with Gasteiger partial charge in [-0.3, -0.25) is 9.59 Å². The molecule has 1 aromatic rings. The molecule has 2 aliphatic carbocycles. The average Bonchev–Trinajstić information content (AvgIpc) is 3.18. The molecule has 2 amide bonds. The second-order valence-electron chi connectivity index (χ2n) is 16.6. The molecule has 8 saturated heterocycles. The maximum atomic E-state index is 14.4. The van der Waals surface area contributed by atoms with Gasteiger partial charge in [0, 0.05) is 24.7 Å². The molecule has 10 aliphatic rings. The summed E-state index contributed by atoms with van der Waals surface area (Å²) in [6, 6.07) is 7.20. The lowest BCUT2D eigenvalue weighted by atomic mass is 9.59. The highest BCUT2D eigenvalue weighted by Gasteiger charge is 2.77. The number of para-hydroxylation sites is 2. The van der Waals surface area contributed by atoms with Crippen molar-refractivity contribution in [1.29, 1.82) is 0 Å². The molecule has 8 aliphatic heterocycles. The van der Waals surface area contributed by atoms with Crippen LogP contribution < -0.4 is 10.6 Å². The smallest absolute Gasteiger partial charge is 0.256 e. The lowest BCUT2D eigenvalue weighted by Crippen LogP contribution is -2.62. The van der Waals surface area contributed by atoms with Crippen LogP contribution in [0.3, 0.4) is 0 Å². The molecule has 14 atom stereocenters. The van der Waals surface area contributed by atoms with Crippen molar-refractivity contribution >= 4 is 23.2 Å². The Balaban J connectivity index is 0.985. The summed E-state index contributed by atoms with van der Waals surface area (Å²) in [6.45, 7) is 11.8. The minimum Gasteiger partial charge on any atom is -0.333 e. The second kappa shape index (κ2) is 10.2. The molecule has 4 bridgehead atoms. The van der Waals surface area contributed by atoms with Crippen molar-refractivity contribution in [3.63, 3.8) is 0 Å². The largest absolute Gasteiger partial charge is 0.333 e. The Morgan fingerprint density at radius 1 is 0.604 bits per heavy atom. The van der Waals surface area contributed by atoms with Gasteiger partial charge >= 0.3 is 0 Å². The number of anilines is 2. The van der Waals surface area contributed by atoms with Crippen LogP contribution in [0, 0.1) is 35.5 Å². The molecule has 8 heterocycles. The first-order valence-corrected chi connectivity index (χ1v) is 17.9. The van der Waals surface area contributed by atoms with E-state index in [4.69, 9.17) is 38.5 Å². The molecule has 0 aromatic heterocycles. The third-order valence-corrected chi connectivity index (χ3v) is 13.8. The fourth-order valence-corrected chi connectivity index (χ4v) is 11.0. The van der Waals surface area contributed by atoms with Gasteiger partial charge in [-0.05, 0) is 102 Å². The molecule has 2 N–H and O–H groups in total. The number of hydrogen-bond donors (Lipinski definition) is 2. The van der Waals surface area contributed by atoms with Gasteiger partial charge in [-0.1, -0.05) is 26.0 Å². The molecule has 1 aromatic carbocycles. The van der Waals surface area contributed by atoms with E-state index in [9.17, 15) is 9.59 Å². The molecular weight excluding hydrogens is 620 g/mol. The van der Waals surface area contributed by atoms with E-state index in [2.05, 4.69) is 24.5 Å². The van der Waals surface area contributed by atoms with Crippen LogP contribution >= 0.6 is 0 Å². The van der Waals surface area contributed by atoms with Gasteiger partial charge in [0.1, 0.15) is 0 Å². The van der Waals surface area contributed by atoms with Gasteiger partial charge in [0.15, 0.2) is 35.0 Å². The Bertz CT molecular complexity index is 1430. The van der Waals surface area contributed by atoms with Crippen molar-refractivity contribution in [3.8, 4) is 0 Å². The van der Waals surface area contributed by atoms with Gasteiger partial charge in [-0.15, -0.1) is 0 Å². The number of amides is 2. The number of benzene rings is 1. The summed E-state index contributed by atoms with van der Waals surface area (Å²) in [6.07, 6.45) is 5.01. The summed E-state index contributed by atoms with van der Waals surface area (Å²) in [5, 5.41) is 6.21. The number of rotatable bonds is 4. The van der Waals surface area contributed by atoms with Gasteiger partial charge in [-0.25, -0.2) is 19.6 Å². The first-order valence-electron chi connectivity index (χ1n) is 17.9. The normalized spacial score (nSPS) is 53.0. The van der Waals surface area contributed by atoms with Crippen molar-refractivity contribution in [2.45, 2.75) is 139 Å². The molecule has 12 nitrogen and oxygen atoms in total. The Labute approximate surface area is 281 Å². The summed E-state index contributed by atoms with van der Waals surface area (Å²) in [5.41, 5.74) is -3.38. The van der Waals surface area contributed by atoms with E-state index in [1.54, 1.807) is 12.1 Å². The van der Waals surface area contributed by atoms with Crippen molar-refractivity contribution in [3.05, 3.63) is 24.3 Å². The summed E-state index contributed by atoms with van der Waals surface area (Å²) >= 11 is 0. The highest BCUT2D eigenvalue weighted by Crippen LogP contribution is 2.65. The van der Waals surface area contributed by atoms with E-state index in [1.165, 1.54) is 0 Å². The Kier molecular flexibility index (Phi) is 6.77. The standard InChI is InChI=1S/C36H48N2O10/c1-19-11-13-25-33(5,43-29-35(25)21(19)15-17-31(3,41-29)45-47-35)27(39)37-23-9-7-8-10-24(23)38-28(40)34(6)26-14-12-20(2)22-16-18-32(4)42-30(44-34)36(22,26)48-46-32/h7-10,19-22,25-26,29-30H,11-18H2,1-6H3,(H,37,39)(H,38,40)/t19-,20-,21+,22+,25+,26+,29+,30+,31-,32-,33+,34+,35-,36-/m1/s1. The fourth-order valence-electron chi connectivity index (χ4n) is 11.0. The van der Waals surface area contributed by atoms with Crippen molar-refractivity contribution in [1.82, 2.24) is 0 Å². The van der Waals surface area contributed by atoms with Gasteiger partial charge in [-0.2, -0.15) is 0 Å². The van der Waals surface area contributed by atoms with E-state index in [-0.39, 0.29) is 35.5 Å². The molecule has 2 saturated carbocycles. The summed E-state index contributed by atoms with van der Waals surface area (Å²) in [7, 11) is 0. The predicted molar refractivity (Wildman–Crippen MR) is 168 cm³/mol. The topological polar surface area (TPSA) is 132 Å². The van der Waals surface area contributed by atoms with Crippen LogP contribution in [0.4, 0.5) is 11.4 Å². The molecule has 0 radical (unpaired) electrons. The van der Waals surface area contributed by atoms with Gasteiger partial charge in [0.2, 0.25) is 11.6 Å².